The monoisotopic (exact) mass is 530 g/mol. The molecule has 1 amide bonds. The summed E-state index contributed by atoms with van der Waals surface area (Å²) in [6.07, 6.45) is 3.03. The summed E-state index contributed by atoms with van der Waals surface area (Å²) in [5.74, 6) is 0.301. The van der Waals surface area contributed by atoms with Crippen LogP contribution in [-0.2, 0) is 11.3 Å². The van der Waals surface area contributed by atoms with Gasteiger partial charge < -0.3 is 19.2 Å². The number of furan rings is 1. The van der Waals surface area contributed by atoms with Crippen molar-refractivity contribution in [2.24, 2.45) is 0 Å². The number of hydrogen-bond donors (Lipinski definition) is 1. The second kappa shape index (κ2) is 10.8. The Morgan fingerprint density at radius 2 is 1.95 bits per heavy atom. The van der Waals surface area contributed by atoms with Crippen molar-refractivity contribution < 1.29 is 23.5 Å². The Morgan fingerprint density at radius 1 is 1.11 bits per heavy atom. The molecule has 0 fully saturated rings. The summed E-state index contributed by atoms with van der Waals surface area (Å²) in [6.45, 7) is 4.02. The van der Waals surface area contributed by atoms with Crippen LogP contribution < -0.4 is 10.1 Å². The third-order valence-electron chi connectivity index (χ3n) is 5.72. The highest BCUT2D eigenvalue weighted by molar-refractivity contribution is 6.32. The summed E-state index contributed by atoms with van der Waals surface area (Å²) in [6, 6.07) is 17.8. The molecule has 3 heterocycles. The second-order valence-electron chi connectivity index (χ2n) is 8.32. The van der Waals surface area contributed by atoms with Crippen LogP contribution in [0.4, 0.5) is 5.69 Å². The molecule has 5 aromatic rings. The number of halogens is 1. The number of hydrogen-bond acceptors (Lipinski definition) is 7. The standard InChI is InChI=1S/C28H23ClN4O5/c1-3-36-28(35)21-15-31-33-23(12-13-30-26(21)33)18-7-5-8-19(14-18)32-27(34)24-11-10-20(38-24)16-37-25-17(2)6-4-9-22(25)29/h4-15H,3,16H2,1-2H3,(H,32,34). The van der Waals surface area contributed by atoms with Gasteiger partial charge in [0, 0.05) is 17.4 Å². The molecule has 0 radical (unpaired) electrons. The number of nitrogens with zero attached hydrogens (tertiary/aromatic N) is 3. The van der Waals surface area contributed by atoms with E-state index in [-0.39, 0.29) is 24.5 Å². The van der Waals surface area contributed by atoms with Crippen LogP contribution in [0.5, 0.6) is 5.75 Å². The van der Waals surface area contributed by atoms with E-state index in [1.165, 1.54) is 6.20 Å². The minimum Gasteiger partial charge on any atom is -0.484 e. The van der Waals surface area contributed by atoms with Crippen molar-refractivity contribution >= 4 is 34.8 Å². The fourth-order valence-electron chi connectivity index (χ4n) is 3.93. The summed E-state index contributed by atoms with van der Waals surface area (Å²) in [7, 11) is 0. The Kier molecular flexibility index (Phi) is 7.10. The fraction of sp³-hybridized carbons (Fsp3) is 0.143. The molecule has 0 bridgehead atoms. The van der Waals surface area contributed by atoms with Gasteiger partial charge >= 0.3 is 5.97 Å². The summed E-state index contributed by atoms with van der Waals surface area (Å²) >= 11 is 6.21. The molecule has 0 aliphatic rings. The Balaban J connectivity index is 1.31. The van der Waals surface area contributed by atoms with Crippen LogP contribution in [0.15, 0.2) is 77.5 Å². The molecule has 0 saturated carbocycles. The van der Waals surface area contributed by atoms with Crippen LogP contribution in [0.2, 0.25) is 5.02 Å². The van der Waals surface area contributed by atoms with Gasteiger partial charge in [0.05, 0.1) is 23.5 Å². The van der Waals surface area contributed by atoms with E-state index in [1.54, 1.807) is 60.1 Å². The highest BCUT2D eigenvalue weighted by Crippen LogP contribution is 2.29. The van der Waals surface area contributed by atoms with Gasteiger partial charge in [0.25, 0.3) is 5.91 Å². The van der Waals surface area contributed by atoms with E-state index in [9.17, 15) is 9.59 Å². The van der Waals surface area contributed by atoms with Crippen LogP contribution in [0.1, 0.15) is 39.2 Å². The molecule has 192 valence electrons. The SMILES string of the molecule is CCOC(=O)c1cnn2c(-c3cccc(NC(=O)c4ccc(COc5c(C)cccc5Cl)o4)c3)ccnc12. The summed E-state index contributed by atoms with van der Waals surface area (Å²) < 4.78 is 18.1. The fourth-order valence-corrected chi connectivity index (χ4v) is 4.21. The van der Waals surface area contributed by atoms with Gasteiger partial charge in [0.2, 0.25) is 0 Å². The zero-order valence-electron chi connectivity index (χ0n) is 20.6. The molecule has 2 aromatic carbocycles. The van der Waals surface area contributed by atoms with Gasteiger partial charge in [-0.2, -0.15) is 5.10 Å². The molecule has 3 aromatic heterocycles. The van der Waals surface area contributed by atoms with Crippen molar-refractivity contribution in [1.29, 1.82) is 0 Å². The maximum Gasteiger partial charge on any atom is 0.343 e. The van der Waals surface area contributed by atoms with Gasteiger partial charge in [-0.15, -0.1) is 0 Å². The van der Waals surface area contributed by atoms with E-state index in [2.05, 4.69) is 15.4 Å². The van der Waals surface area contributed by atoms with Crippen LogP contribution in [0, 0.1) is 6.92 Å². The quantitative estimate of drug-likeness (QED) is 0.247. The van der Waals surface area contributed by atoms with Gasteiger partial charge in [0.1, 0.15) is 23.7 Å². The predicted octanol–water partition coefficient (Wildman–Crippen LogP) is 5.96. The predicted molar refractivity (Wildman–Crippen MR) is 142 cm³/mol. The normalized spacial score (nSPS) is 10.9. The number of benzene rings is 2. The smallest absolute Gasteiger partial charge is 0.343 e. The van der Waals surface area contributed by atoms with Gasteiger partial charge in [-0.3, -0.25) is 4.79 Å². The minimum atomic E-state index is -0.488. The van der Waals surface area contributed by atoms with E-state index in [1.807, 2.05) is 25.1 Å². The second-order valence-corrected chi connectivity index (χ2v) is 8.73. The highest BCUT2D eigenvalue weighted by Gasteiger charge is 2.18. The number of carbonyl (C=O) groups is 2. The summed E-state index contributed by atoms with van der Waals surface area (Å²) in [5, 5.41) is 7.68. The maximum absolute atomic E-state index is 12.9. The number of rotatable bonds is 8. The highest BCUT2D eigenvalue weighted by atomic mass is 35.5. The van der Waals surface area contributed by atoms with Crippen LogP contribution in [-0.4, -0.2) is 33.1 Å². The van der Waals surface area contributed by atoms with E-state index >= 15 is 0 Å². The first-order valence-electron chi connectivity index (χ1n) is 11.8. The molecule has 9 nitrogen and oxygen atoms in total. The number of aryl methyl sites for hydroxylation is 1. The van der Waals surface area contributed by atoms with Crippen molar-refractivity contribution in [3.63, 3.8) is 0 Å². The molecular weight excluding hydrogens is 508 g/mol. The first-order valence-corrected chi connectivity index (χ1v) is 12.2. The number of anilines is 1. The van der Waals surface area contributed by atoms with Gasteiger partial charge in [-0.25, -0.2) is 14.3 Å². The van der Waals surface area contributed by atoms with Crippen LogP contribution in [0.3, 0.4) is 0 Å². The van der Waals surface area contributed by atoms with E-state index in [4.69, 9.17) is 25.5 Å². The molecule has 0 atom stereocenters. The molecule has 0 unspecified atom stereocenters. The molecule has 1 N–H and O–H groups in total. The van der Waals surface area contributed by atoms with Crippen LogP contribution in [0.25, 0.3) is 16.9 Å². The number of ether oxygens (including phenoxy) is 2. The number of esters is 1. The van der Waals surface area contributed by atoms with Crippen molar-refractivity contribution in [2.75, 3.05) is 11.9 Å². The average Bonchev–Trinajstić information content (AvgIpc) is 3.56. The Bertz CT molecular complexity index is 1620. The first kappa shape index (κ1) is 25.0. The number of aromatic nitrogens is 3. The van der Waals surface area contributed by atoms with Gasteiger partial charge in [0.15, 0.2) is 11.4 Å². The number of amides is 1. The van der Waals surface area contributed by atoms with E-state index < -0.39 is 11.9 Å². The number of nitrogens with one attached hydrogen (secondary N) is 1. The Labute approximate surface area is 223 Å². The van der Waals surface area contributed by atoms with E-state index in [0.717, 1.165) is 11.1 Å². The lowest BCUT2D eigenvalue weighted by molar-refractivity contribution is 0.0528. The van der Waals surface area contributed by atoms with Crippen molar-refractivity contribution in [3.8, 4) is 17.0 Å². The maximum atomic E-state index is 12.9. The summed E-state index contributed by atoms with van der Waals surface area (Å²) in [5.41, 5.74) is 3.57. The van der Waals surface area contributed by atoms with E-state index in [0.29, 0.717) is 33.6 Å². The number of fused-ring (bicyclic) bond motifs is 1. The molecular formula is C28H23ClN4O5. The zero-order valence-corrected chi connectivity index (χ0v) is 21.4. The number of carbonyl (C=O) groups excluding carboxylic acids is 2. The molecule has 0 saturated heterocycles. The average molecular weight is 531 g/mol. The van der Waals surface area contributed by atoms with Crippen LogP contribution >= 0.6 is 11.6 Å². The Morgan fingerprint density at radius 3 is 2.76 bits per heavy atom. The molecule has 38 heavy (non-hydrogen) atoms. The van der Waals surface area contributed by atoms with Crippen molar-refractivity contribution in [1.82, 2.24) is 14.6 Å². The Hall–Kier alpha value is -4.63. The lowest BCUT2D eigenvalue weighted by Crippen LogP contribution is -2.11. The van der Waals surface area contributed by atoms with Gasteiger partial charge in [-0.05, 0) is 55.8 Å². The lowest BCUT2D eigenvalue weighted by atomic mass is 10.1. The zero-order chi connectivity index (χ0) is 26.6. The molecule has 5 rings (SSSR count). The lowest BCUT2D eigenvalue weighted by Gasteiger charge is -2.09. The molecule has 0 spiro atoms. The molecule has 0 aliphatic carbocycles. The van der Waals surface area contributed by atoms with Crippen molar-refractivity contribution in [2.45, 2.75) is 20.5 Å². The largest absolute Gasteiger partial charge is 0.484 e. The topological polar surface area (TPSA) is 108 Å². The molecule has 0 aliphatic heterocycles. The third-order valence-corrected chi connectivity index (χ3v) is 6.02. The van der Waals surface area contributed by atoms with Gasteiger partial charge in [-0.1, -0.05) is 35.9 Å². The first-order chi connectivity index (χ1) is 18.4. The summed E-state index contributed by atoms with van der Waals surface area (Å²) in [4.78, 5) is 29.4. The van der Waals surface area contributed by atoms with Crippen molar-refractivity contribution in [3.05, 3.63) is 101 Å². The minimum absolute atomic E-state index is 0.128. The third kappa shape index (κ3) is 5.09. The molecule has 10 heteroatoms. The number of para-hydroxylation sites is 1.